The Hall–Kier alpha value is -0.220. The van der Waals surface area contributed by atoms with Crippen molar-refractivity contribution < 1.29 is 14.6 Å². The maximum atomic E-state index is 11.3. The first-order valence-electron chi connectivity index (χ1n) is 7.02. The van der Waals surface area contributed by atoms with E-state index in [0.29, 0.717) is 5.25 Å². The van der Waals surface area contributed by atoms with E-state index in [-0.39, 0.29) is 5.92 Å². The quantitative estimate of drug-likeness (QED) is 0.689. The van der Waals surface area contributed by atoms with Crippen molar-refractivity contribution in [3.63, 3.8) is 0 Å². The predicted octanol–water partition coefficient (Wildman–Crippen LogP) is 3.43. The Morgan fingerprint density at radius 3 is 2.83 bits per heavy atom. The topological polar surface area (TPSA) is 46.5 Å². The van der Waals surface area contributed by atoms with Crippen molar-refractivity contribution in [2.45, 2.75) is 50.7 Å². The molecular formula is C14H26O3S. The Labute approximate surface area is 115 Å². The van der Waals surface area contributed by atoms with Gasteiger partial charge < -0.3 is 9.84 Å². The fourth-order valence-corrected chi connectivity index (χ4v) is 4.27. The molecule has 0 spiro atoms. The molecule has 0 heterocycles. The Bertz CT molecular complexity index is 245. The zero-order chi connectivity index (χ0) is 13.4. The van der Waals surface area contributed by atoms with Crippen LogP contribution in [0.1, 0.15) is 45.4 Å². The van der Waals surface area contributed by atoms with Gasteiger partial charge >= 0.3 is 5.97 Å². The fraction of sp³-hybridized carbons (Fsp3) is 0.929. The highest BCUT2D eigenvalue weighted by Crippen LogP contribution is 2.38. The molecular weight excluding hydrogens is 248 g/mol. The highest BCUT2D eigenvalue weighted by molar-refractivity contribution is 7.99. The van der Waals surface area contributed by atoms with Crippen LogP contribution in [0.3, 0.4) is 0 Å². The third-order valence-corrected chi connectivity index (χ3v) is 5.21. The number of hydrogen-bond acceptors (Lipinski definition) is 3. The van der Waals surface area contributed by atoms with Crippen molar-refractivity contribution in [2.24, 2.45) is 11.8 Å². The van der Waals surface area contributed by atoms with Gasteiger partial charge in [0.2, 0.25) is 0 Å². The summed E-state index contributed by atoms with van der Waals surface area (Å²) < 4.78 is 5.04. The predicted molar refractivity (Wildman–Crippen MR) is 76.1 cm³/mol. The summed E-state index contributed by atoms with van der Waals surface area (Å²) in [5, 5.41) is 9.60. The average molecular weight is 274 g/mol. The molecule has 1 aliphatic carbocycles. The molecule has 0 saturated heterocycles. The molecule has 1 fully saturated rings. The minimum Gasteiger partial charge on any atom is -0.481 e. The second-order valence-electron chi connectivity index (χ2n) is 5.17. The molecule has 0 bridgehead atoms. The molecule has 0 aliphatic heterocycles. The molecule has 0 aromatic rings. The van der Waals surface area contributed by atoms with Crippen LogP contribution in [0.15, 0.2) is 0 Å². The van der Waals surface area contributed by atoms with E-state index in [1.165, 1.54) is 12.8 Å². The van der Waals surface area contributed by atoms with E-state index in [2.05, 4.69) is 6.92 Å². The van der Waals surface area contributed by atoms with Crippen LogP contribution >= 0.6 is 11.8 Å². The minimum absolute atomic E-state index is 0.134. The monoisotopic (exact) mass is 274 g/mol. The molecule has 1 N–H and O–H groups in total. The Morgan fingerprint density at radius 2 is 2.22 bits per heavy atom. The van der Waals surface area contributed by atoms with Crippen molar-refractivity contribution in [3.05, 3.63) is 0 Å². The number of hydrogen-bond donors (Lipinski definition) is 1. The summed E-state index contributed by atoms with van der Waals surface area (Å²) in [6, 6.07) is 0. The van der Waals surface area contributed by atoms with Gasteiger partial charge in [-0.3, -0.25) is 4.79 Å². The molecule has 18 heavy (non-hydrogen) atoms. The lowest BCUT2D eigenvalue weighted by molar-refractivity contribution is -0.142. The van der Waals surface area contributed by atoms with Gasteiger partial charge in [-0.1, -0.05) is 19.8 Å². The zero-order valence-electron chi connectivity index (χ0n) is 11.6. The standard InChI is InChI=1S/C14H26O3S/c1-3-5-11-6-7-12(14(15)16)13(10-11)18-9-4-8-17-2/h11-13H,3-10H2,1-2H3,(H,15,16). The molecule has 0 amide bonds. The van der Waals surface area contributed by atoms with Crippen LogP contribution in [-0.4, -0.2) is 35.8 Å². The lowest BCUT2D eigenvalue weighted by Gasteiger charge is -2.33. The van der Waals surface area contributed by atoms with E-state index in [1.54, 1.807) is 7.11 Å². The van der Waals surface area contributed by atoms with Gasteiger partial charge in [0, 0.05) is 19.0 Å². The third-order valence-electron chi connectivity index (χ3n) is 3.74. The summed E-state index contributed by atoms with van der Waals surface area (Å²) in [6.45, 7) is 2.99. The van der Waals surface area contributed by atoms with Gasteiger partial charge in [0.05, 0.1) is 5.92 Å². The summed E-state index contributed by atoms with van der Waals surface area (Å²) in [6.07, 6.45) is 6.53. The van der Waals surface area contributed by atoms with Gasteiger partial charge in [-0.25, -0.2) is 0 Å². The summed E-state index contributed by atoms with van der Waals surface area (Å²) >= 11 is 1.84. The molecule has 0 radical (unpaired) electrons. The zero-order valence-corrected chi connectivity index (χ0v) is 12.4. The highest BCUT2D eigenvalue weighted by atomic mass is 32.2. The average Bonchev–Trinajstić information content (AvgIpc) is 2.35. The molecule has 3 atom stereocenters. The van der Waals surface area contributed by atoms with Crippen molar-refractivity contribution in [1.82, 2.24) is 0 Å². The Balaban J connectivity index is 2.41. The molecule has 0 aromatic heterocycles. The van der Waals surface area contributed by atoms with Crippen LogP contribution in [0, 0.1) is 11.8 Å². The largest absolute Gasteiger partial charge is 0.481 e. The lowest BCUT2D eigenvalue weighted by atomic mass is 9.80. The fourth-order valence-electron chi connectivity index (χ4n) is 2.79. The van der Waals surface area contributed by atoms with E-state index < -0.39 is 5.97 Å². The first-order chi connectivity index (χ1) is 8.69. The maximum absolute atomic E-state index is 11.3. The molecule has 4 heteroatoms. The van der Waals surface area contributed by atoms with Crippen molar-refractivity contribution >= 4 is 17.7 Å². The number of ether oxygens (including phenoxy) is 1. The van der Waals surface area contributed by atoms with E-state index in [0.717, 1.165) is 44.0 Å². The first kappa shape index (κ1) is 15.8. The van der Waals surface area contributed by atoms with Crippen LogP contribution in [0.25, 0.3) is 0 Å². The maximum Gasteiger partial charge on any atom is 0.307 e. The van der Waals surface area contributed by atoms with Gasteiger partial charge in [-0.2, -0.15) is 11.8 Å². The third kappa shape index (κ3) is 5.19. The summed E-state index contributed by atoms with van der Waals surface area (Å²) in [7, 11) is 1.71. The summed E-state index contributed by atoms with van der Waals surface area (Å²) in [5.74, 6) is 1.02. The molecule has 3 unspecified atom stereocenters. The molecule has 1 aliphatic rings. The second-order valence-corrected chi connectivity index (χ2v) is 6.52. The highest BCUT2D eigenvalue weighted by Gasteiger charge is 2.34. The number of aliphatic carboxylic acids is 1. The van der Waals surface area contributed by atoms with Gasteiger partial charge in [0.1, 0.15) is 0 Å². The molecule has 3 nitrogen and oxygen atoms in total. The van der Waals surface area contributed by atoms with Crippen LogP contribution < -0.4 is 0 Å². The Morgan fingerprint density at radius 1 is 1.44 bits per heavy atom. The molecule has 106 valence electrons. The number of carboxylic acids is 1. The second kappa shape index (κ2) is 8.81. The number of methoxy groups -OCH3 is 1. The number of carbonyl (C=O) groups is 1. The van der Waals surface area contributed by atoms with E-state index in [9.17, 15) is 9.90 Å². The van der Waals surface area contributed by atoms with Crippen LogP contribution in [0.4, 0.5) is 0 Å². The summed E-state index contributed by atoms with van der Waals surface area (Å²) in [5.41, 5.74) is 0. The van der Waals surface area contributed by atoms with Crippen LogP contribution in [0.5, 0.6) is 0 Å². The van der Waals surface area contributed by atoms with Gasteiger partial charge in [-0.15, -0.1) is 0 Å². The van der Waals surface area contributed by atoms with Crippen molar-refractivity contribution in [3.8, 4) is 0 Å². The number of carboxylic acid groups (broad SMARTS) is 1. The number of rotatable bonds is 8. The van der Waals surface area contributed by atoms with Gasteiger partial charge in [0.15, 0.2) is 0 Å². The van der Waals surface area contributed by atoms with Crippen LogP contribution in [0.2, 0.25) is 0 Å². The van der Waals surface area contributed by atoms with E-state index in [4.69, 9.17) is 4.74 Å². The Kier molecular flexibility index (Phi) is 7.75. The summed E-state index contributed by atoms with van der Waals surface area (Å²) in [4.78, 5) is 11.3. The smallest absolute Gasteiger partial charge is 0.307 e. The van der Waals surface area contributed by atoms with Crippen molar-refractivity contribution in [2.75, 3.05) is 19.5 Å². The lowest BCUT2D eigenvalue weighted by Crippen LogP contribution is -2.33. The van der Waals surface area contributed by atoms with Gasteiger partial charge in [0.25, 0.3) is 0 Å². The van der Waals surface area contributed by atoms with E-state index in [1.807, 2.05) is 11.8 Å². The van der Waals surface area contributed by atoms with Crippen molar-refractivity contribution in [1.29, 1.82) is 0 Å². The van der Waals surface area contributed by atoms with E-state index >= 15 is 0 Å². The molecule has 0 aromatic carbocycles. The molecule has 1 saturated carbocycles. The first-order valence-corrected chi connectivity index (χ1v) is 8.07. The van der Waals surface area contributed by atoms with Gasteiger partial charge in [-0.05, 0) is 37.4 Å². The molecule has 1 rings (SSSR count). The number of thioether (sulfide) groups is 1. The SMILES string of the molecule is CCCC1CCC(C(=O)O)C(SCCCOC)C1. The minimum atomic E-state index is -0.603. The van der Waals surface area contributed by atoms with Crippen LogP contribution in [-0.2, 0) is 9.53 Å². The normalized spacial score (nSPS) is 28.2.